The van der Waals surface area contributed by atoms with Crippen molar-refractivity contribution in [3.8, 4) is 5.75 Å². The van der Waals surface area contributed by atoms with Crippen molar-refractivity contribution < 1.29 is 19.8 Å². The highest BCUT2D eigenvalue weighted by molar-refractivity contribution is 5.92. The second kappa shape index (κ2) is 6.75. The number of carbonyl (C=O) groups excluding carboxylic acids is 1. The van der Waals surface area contributed by atoms with Gasteiger partial charge in [0, 0.05) is 12.6 Å². The summed E-state index contributed by atoms with van der Waals surface area (Å²) in [7, 11) is 0. The van der Waals surface area contributed by atoms with Gasteiger partial charge >= 0.3 is 5.97 Å². The number of phenolic OH excluding ortho intramolecular Hbond substituents is 1. The van der Waals surface area contributed by atoms with Crippen molar-refractivity contribution in [1.29, 1.82) is 0 Å². The van der Waals surface area contributed by atoms with Gasteiger partial charge in [0.15, 0.2) is 0 Å². The van der Waals surface area contributed by atoms with Crippen LogP contribution in [0.2, 0.25) is 0 Å². The van der Waals surface area contributed by atoms with Crippen LogP contribution in [0.5, 0.6) is 5.75 Å². The van der Waals surface area contributed by atoms with Gasteiger partial charge in [-0.2, -0.15) is 0 Å². The lowest BCUT2D eigenvalue weighted by Crippen LogP contribution is -2.40. The van der Waals surface area contributed by atoms with Crippen molar-refractivity contribution in [3.63, 3.8) is 0 Å². The van der Waals surface area contributed by atoms with E-state index in [1.54, 1.807) is 32.1 Å². The molecule has 20 heavy (non-hydrogen) atoms. The molecule has 1 amide bonds. The molecule has 0 saturated carbocycles. The zero-order valence-corrected chi connectivity index (χ0v) is 11.6. The summed E-state index contributed by atoms with van der Waals surface area (Å²) in [5.41, 5.74) is -0.184. The number of carbonyl (C=O) groups is 2. The fraction of sp³-hybridized carbons (Fsp3) is 0.333. The van der Waals surface area contributed by atoms with Crippen LogP contribution in [-0.2, 0) is 9.59 Å². The molecule has 0 fully saturated rings. The molecular weight excluding hydrogens is 258 g/mol. The third-order valence-corrected chi connectivity index (χ3v) is 3.27. The average molecular weight is 277 g/mol. The van der Waals surface area contributed by atoms with Crippen LogP contribution in [0.15, 0.2) is 30.3 Å². The van der Waals surface area contributed by atoms with Crippen molar-refractivity contribution in [2.75, 3.05) is 6.54 Å². The highest BCUT2D eigenvalue weighted by Gasteiger charge is 2.31. The lowest BCUT2D eigenvalue weighted by atomic mass is 9.88. The van der Waals surface area contributed by atoms with Gasteiger partial charge in [-0.15, -0.1) is 0 Å². The van der Waals surface area contributed by atoms with E-state index in [0.717, 1.165) is 5.56 Å². The molecule has 5 heteroatoms. The molecule has 1 rings (SSSR count). The molecule has 1 atom stereocenters. The Morgan fingerprint density at radius 3 is 2.40 bits per heavy atom. The van der Waals surface area contributed by atoms with E-state index in [1.165, 1.54) is 18.2 Å². The first-order chi connectivity index (χ1) is 9.37. The van der Waals surface area contributed by atoms with E-state index in [0.29, 0.717) is 6.42 Å². The lowest BCUT2D eigenvalue weighted by Gasteiger charge is -2.22. The number of carboxylic acid groups (broad SMARTS) is 1. The summed E-state index contributed by atoms with van der Waals surface area (Å²) in [5.74, 6) is -1.12. The number of nitrogens with one attached hydrogen (secondary N) is 1. The van der Waals surface area contributed by atoms with Crippen LogP contribution in [0.25, 0.3) is 6.08 Å². The monoisotopic (exact) mass is 277 g/mol. The summed E-state index contributed by atoms with van der Waals surface area (Å²) in [5, 5.41) is 20.8. The molecule has 0 radical (unpaired) electrons. The van der Waals surface area contributed by atoms with Crippen LogP contribution >= 0.6 is 0 Å². The molecule has 5 nitrogen and oxygen atoms in total. The van der Waals surface area contributed by atoms with Crippen LogP contribution in [-0.4, -0.2) is 28.6 Å². The normalized spacial score (nSPS) is 13.9. The first-order valence-electron chi connectivity index (χ1n) is 6.36. The van der Waals surface area contributed by atoms with Crippen LogP contribution < -0.4 is 5.32 Å². The van der Waals surface area contributed by atoms with E-state index < -0.39 is 11.4 Å². The van der Waals surface area contributed by atoms with E-state index >= 15 is 0 Å². The second-order valence-electron chi connectivity index (χ2n) is 4.86. The van der Waals surface area contributed by atoms with Crippen LogP contribution in [0, 0.1) is 5.41 Å². The highest BCUT2D eigenvalue weighted by atomic mass is 16.4. The Morgan fingerprint density at radius 2 is 1.90 bits per heavy atom. The molecule has 1 aromatic rings. The van der Waals surface area contributed by atoms with E-state index in [-0.39, 0.29) is 18.2 Å². The van der Waals surface area contributed by atoms with E-state index in [9.17, 15) is 9.59 Å². The molecule has 3 N–H and O–H groups in total. The summed E-state index contributed by atoms with van der Waals surface area (Å²) >= 11 is 0. The van der Waals surface area contributed by atoms with Crippen LogP contribution in [0.4, 0.5) is 0 Å². The van der Waals surface area contributed by atoms with Gasteiger partial charge in [0.2, 0.25) is 5.91 Å². The second-order valence-corrected chi connectivity index (χ2v) is 4.86. The first kappa shape index (κ1) is 15.8. The molecule has 108 valence electrons. The molecule has 0 heterocycles. The summed E-state index contributed by atoms with van der Waals surface area (Å²) in [6.07, 6.45) is 3.37. The number of amides is 1. The third kappa shape index (κ3) is 4.42. The van der Waals surface area contributed by atoms with E-state index in [1.807, 2.05) is 0 Å². The Bertz CT molecular complexity index is 507. The fourth-order valence-corrected chi connectivity index (χ4v) is 1.45. The van der Waals surface area contributed by atoms with Gasteiger partial charge in [0.25, 0.3) is 0 Å². The van der Waals surface area contributed by atoms with Gasteiger partial charge in [-0.1, -0.05) is 19.1 Å². The largest absolute Gasteiger partial charge is 0.508 e. The molecule has 1 unspecified atom stereocenters. The average Bonchev–Trinajstić information content (AvgIpc) is 2.43. The molecule has 0 spiro atoms. The fourth-order valence-electron chi connectivity index (χ4n) is 1.45. The Kier molecular flexibility index (Phi) is 5.32. The molecule has 0 aromatic heterocycles. The molecule has 1 aromatic carbocycles. The minimum Gasteiger partial charge on any atom is -0.508 e. The molecule has 0 saturated heterocycles. The number of carboxylic acids is 1. The standard InChI is InChI=1S/C15H19NO4/c1-3-15(2,14(19)20)10-16-13(18)9-6-11-4-7-12(17)8-5-11/h4-9,17H,3,10H2,1-2H3,(H,16,18)(H,19,20)/b9-6+. The Labute approximate surface area is 117 Å². The van der Waals surface area contributed by atoms with E-state index in [2.05, 4.69) is 5.32 Å². The predicted octanol–water partition coefficient (Wildman–Crippen LogP) is 2.02. The minimum atomic E-state index is -0.956. The smallest absolute Gasteiger partial charge is 0.311 e. The number of rotatable bonds is 6. The quantitative estimate of drug-likeness (QED) is 0.694. The van der Waals surface area contributed by atoms with Gasteiger partial charge < -0.3 is 15.5 Å². The minimum absolute atomic E-state index is 0.0809. The van der Waals surface area contributed by atoms with Crippen molar-refractivity contribution in [1.82, 2.24) is 5.32 Å². The maximum Gasteiger partial charge on any atom is 0.311 e. The zero-order valence-electron chi connectivity index (χ0n) is 11.6. The summed E-state index contributed by atoms with van der Waals surface area (Å²) < 4.78 is 0. The molecular formula is C15H19NO4. The first-order valence-corrected chi connectivity index (χ1v) is 6.36. The Morgan fingerprint density at radius 1 is 1.30 bits per heavy atom. The molecule has 0 aliphatic rings. The Hall–Kier alpha value is -2.30. The number of hydrogen-bond donors (Lipinski definition) is 3. The number of aliphatic carboxylic acids is 1. The summed E-state index contributed by atoms with van der Waals surface area (Å²) in [6.45, 7) is 3.45. The predicted molar refractivity (Wildman–Crippen MR) is 76.2 cm³/mol. The number of phenols is 1. The molecule has 0 aliphatic heterocycles. The summed E-state index contributed by atoms with van der Waals surface area (Å²) in [6, 6.07) is 6.39. The maximum absolute atomic E-state index is 11.6. The van der Waals surface area contributed by atoms with Crippen molar-refractivity contribution in [3.05, 3.63) is 35.9 Å². The zero-order chi connectivity index (χ0) is 15.2. The number of aromatic hydroxyl groups is 1. The molecule has 0 bridgehead atoms. The SMILES string of the molecule is CCC(C)(CNC(=O)/C=C/c1ccc(O)cc1)C(=O)O. The number of hydrogen-bond acceptors (Lipinski definition) is 3. The van der Waals surface area contributed by atoms with Gasteiger partial charge in [-0.25, -0.2) is 0 Å². The van der Waals surface area contributed by atoms with Gasteiger partial charge in [0.05, 0.1) is 5.41 Å². The molecule has 0 aliphatic carbocycles. The van der Waals surface area contributed by atoms with Crippen molar-refractivity contribution in [2.24, 2.45) is 5.41 Å². The topological polar surface area (TPSA) is 86.6 Å². The van der Waals surface area contributed by atoms with Crippen LogP contribution in [0.3, 0.4) is 0 Å². The van der Waals surface area contributed by atoms with Gasteiger partial charge in [0.1, 0.15) is 5.75 Å². The van der Waals surface area contributed by atoms with Crippen LogP contribution in [0.1, 0.15) is 25.8 Å². The third-order valence-electron chi connectivity index (χ3n) is 3.27. The van der Waals surface area contributed by atoms with Crippen molar-refractivity contribution in [2.45, 2.75) is 20.3 Å². The van der Waals surface area contributed by atoms with E-state index in [4.69, 9.17) is 10.2 Å². The lowest BCUT2D eigenvalue weighted by molar-refractivity contribution is -0.148. The summed E-state index contributed by atoms with van der Waals surface area (Å²) in [4.78, 5) is 22.7. The van der Waals surface area contributed by atoms with Gasteiger partial charge in [-0.05, 0) is 37.1 Å². The maximum atomic E-state index is 11.6. The van der Waals surface area contributed by atoms with Crippen molar-refractivity contribution >= 4 is 18.0 Å². The number of benzene rings is 1. The van der Waals surface area contributed by atoms with Gasteiger partial charge in [-0.3, -0.25) is 9.59 Å². The highest BCUT2D eigenvalue weighted by Crippen LogP contribution is 2.19. The Balaban J connectivity index is 2.56.